The molecule has 4 nitrogen and oxygen atoms in total. The van der Waals surface area contributed by atoms with Gasteiger partial charge in [0.2, 0.25) is 0 Å². The van der Waals surface area contributed by atoms with Gasteiger partial charge in [0.1, 0.15) is 10.8 Å². The minimum atomic E-state index is 0.242. The summed E-state index contributed by atoms with van der Waals surface area (Å²) in [6.07, 6.45) is 4.21. The van der Waals surface area contributed by atoms with Crippen molar-refractivity contribution in [2.24, 2.45) is 5.73 Å². The molecule has 2 atom stereocenters. The number of anilines is 1. The number of thiocarbonyl (C=S) groups is 1. The molecule has 2 unspecified atom stereocenters. The fraction of sp³-hybridized carbons (Fsp3) is 0.500. The van der Waals surface area contributed by atoms with E-state index in [1.165, 1.54) is 0 Å². The van der Waals surface area contributed by atoms with Crippen molar-refractivity contribution in [3.63, 3.8) is 0 Å². The van der Waals surface area contributed by atoms with E-state index in [4.69, 9.17) is 22.7 Å². The van der Waals surface area contributed by atoms with Crippen LogP contribution < -0.4 is 11.1 Å². The van der Waals surface area contributed by atoms with Gasteiger partial charge in [0.05, 0.1) is 12.1 Å². The number of nitrogens with two attached hydrogens (primary N) is 1. The molecule has 1 aromatic rings. The molecule has 2 heterocycles. The highest BCUT2D eigenvalue weighted by atomic mass is 32.1. The highest BCUT2D eigenvalue weighted by Crippen LogP contribution is 2.18. The SMILES string of the molecule is CC(Nc1cc(C(N)=S)ccn1)C1CCCO1. The molecule has 0 aliphatic carbocycles. The molecule has 0 spiro atoms. The second kappa shape index (κ2) is 5.42. The van der Waals surface area contributed by atoms with E-state index in [1.807, 2.05) is 12.1 Å². The maximum Gasteiger partial charge on any atom is 0.126 e. The summed E-state index contributed by atoms with van der Waals surface area (Å²) in [5.74, 6) is 0.790. The van der Waals surface area contributed by atoms with Crippen molar-refractivity contribution < 1.29 is 4.74 Å². The Morgan fingerprint density at radius 1 is 1.71 bits per heavy atom. The van der Waals surface area contributed by atoms with Crippen LogP contribution in [0.2, 0.25) is 0 Å². The van der Waals surface area contributed by atoms with Crippen molar-refractivity contribution in [1.82, 2.24) is 4.98 Å². The number of pyridine rings is 1. The van der Waals surface area contributed by atoms with Gasteiger partial charge in [0.15, 0.2) is 0 Å². The second-order valence-corrected chi connectivity index (χ2v) is 4.72. The van der Waals surface area contributed by atoms with E-state index in [0.29, 0.717) is 4.99 Å². The molecule has 0 saturated carbocycles. The van der Waals surface area contributed by atoms with Gasteiger partial charge in [-0.15, -0.1) is 0 Å². The normalized spacial score (nSPS) is 21.1. The summed E-state index contributed by atoms with van der Waals surface area (Å²) in [6, 6.07) is 3.92. The number of hydrogen-bond acceptors (Lipinski definition) is 4. The summed E-state index contributed by atoms with van der Waals surface area (Å²) < 4.78 is 5.62. The van der Waals surface area contributed by atoms with E-state index < -0.39 is 0 Å². The van der Waals surface area contributed by atoms with E-state index in [0.717, 1.165) is 30.8 Å². The molecular weight excluding hydrogens is 234 g/mol. The third-order valence-electron chi connectivity index (χ3n) is 2.94. The molecule has 2 rings (SSSR count). The number of hydrogen-bond donors (Lipinski definition) is 2. The molecule has 3 N–H and O–H groups in total. The fourth-order valence-electron chi connectivity index (χ4n) is 1.99. The average molecular weight is 251 g/mol. The van der Waals surface area contributed by atoms with E-state index >= 15 is 0 Å². The van der Waals surface area contributed by atoms with E-state index in [2.05, 4.69) is 17.2 Å². The maximum absolute atomic E-state index is 5.62. The summed E-state index contributed by atoms with van der Waals surface area (Å²) >= 11 is 4.94. The Morgan fingerprint density at radius 3 is 3.18 bits per heavy atom. The first-order chi connectivity index (χ1) is 8.16. The summed E-state index contributed by atoms with van der Waals surface area (Å²) in [7, 11) is 0. The van der Waals surface area contributed by atoms with Crippen LogP contribution in [0.15, 0.2) is 18.3 Å². The van der Waals surface area contributed by atoms with E-state index in [1.54, 1.807) is 6.20 Å². The van der Waals surface area contributed by atoms with E-state index in [-0.39, 0.29) is 12.1 Å². The van der Waals surface area contributed by atoms with Crippen molar-refractivity contribution in [2.45, 2.75) is 31.9 Å². The largest absolute Gasteiger partial charge is 0.389 e. The number of nitrogens with zero attached hydrogens (tertiary/aromatic N) is 1. The van der Waals surface area contributed by atoms with Gasteiger partial charge in [-0.05, 0) is 31.9 Å². The molecule has 1 saturated heterocycles. The van der Waals surface area contributed by atoms with Gasteiger partial charge in [-0.3, -0.25) is 0 Å². The fourth-order valence-corrected chi connectivity index (χ4v) is 2.11. The Hall–Kier alpha value is -1.20. The first-order valence-electron chi connectivity index (χ1n) is 5.81. The second-order valence-electron chi connectivity index (χ2n) is 4.28. The topological polar surface area (TPSA) is 60.2 Å². The third kappa shape index (κ3) is 3.14. The van der Waals surface area contributed by atoms with Crippen molar-refractivity contribution in [2.75, 3.05) is 11.9 Å². The van der Waals surface area contributed by atoms with Crippen LogP contribution in [0.1, 0.15) is 25.3 Å². The standard InChI is InChI=1S/C12H17N3OS/c1-8(10-3-2-6-16-10)15-11-7-9(12(13)17)4-5-14-11/h4-5,7-8,10H,2-3,6H2,1H3,(H2,13,17)(H,14,15). The molecule has 1 aliphatic rings. The van der Waals surface area contributed by atoms with Crippen LogP contribution in [0.4, 0.5) is 5.82 Å². The zero-order chi connectivity index (χ0) is 12.3. The Kier molecular flexibility index (Phi) is 3.91. The van der Waals surface area contributed by atoms with Gasteiger partial charge in [0, 0.05) is 18.4 Å². The molecular formula is C12H17N3OS. The highest BCUT2D eigenvalue weighted by Gasteiger charge is 2.22. The molecule has 0 aromatic carbocycles. The van der Waals surface area contributed by atoms with Gasteiger partial charge in [-0.1, -0.05) is 12.2 Å². The maximum atomic E-state index is 5.62. The van der Waals surface area contributed by atoms with E-state index in [9.17, 15) is 0 Å². The van der Waals surface area contributed by atoms with Crippen molar-refractivity contribution in [3.05, 3.63) is 23.9 Å². The van der Waals surface area contributed by atoms with Crippen LogP contribution in [-0.2, 0) is 4.74 Å². The van der Waals surface area contributed by atoms with Gasteiger partial charge < -0.3 is 15.8 Å². The van der Waals surface area contributed by atoms with Gasteiger partial charge >= 0.3 is 0 Å². The molecule has 1 fully saturated rings. The lowest BCUT2D eigenvalue weighted by Crippen LogP contribution is -2.30. The Labute approximate surface area is 107 Å². The summed E-state index contributed by atoms with van der Waals surface area (Å²) in [5, 5.41) is 3.33. The highest BCUT2D eigenvalue weighted by molar-refractivity contribution is 7.80. The first kappa shape index (κ1) is 12.3. The Morgan fingerprint density at radius 2 is 2.53 bits per heavy atom. The van der Waals surface area contributed by atoms with Crippen LogP contribution >= 0.6 is 12.2 Å². The zero-order valence-corrected chi connectivity index (χ0v) is 10.7. The number of ether oxygens (including phenoxy) is 1. The third-order valence-corrected chi connectivity index (χ3v) is 3.18. The van der Waals surface area contributed by atoms with Crippen LogP contribution in [0.5, 0.6) is 0 Å². The summed E-state index contributed by atoms with van der Waals surface area (Å²) in [4.78, 5) is 4.64. The minimum Gasteiger partial charge on any atom is -0.389 e. The van der Waals surface area contributed by atoms with Crippen LogP contribution in [0.3, 0.4) is 0 Å². The van der Waals surface area contributed by atoms with Crippen LogP contribution in [0.25, 0.3) is 0 Å². The minimum absolute atomic E-state index is 0.242. The lowest BCUT2D eigenvalue weighted by atomic mass is 10.1. The molecule has 0 radical (unpaired) electrons. The molecule has 1 aromatic heterocycles. The van der Waals surface area contributed by atoms with Gasteiger partial charge in [-0.25, -0.2) is 4.98 Å². The first-order valence-corrected chi connectivity index (χ1v) is 6.21. The Balaban J connectivity index is 2.02. The molecule has 5 heteroatoms. The van der Waals surface area contributed by atoms with Crippen molar-refractivity contribution in [3.8, 4) is 0 Å². The summed E-state index contributed by atoms with van der Waals surface area (Å²) in [5.41, 5.74) is 6.42. The number of aromatic nitrogens is 1. The van der Waals surface area contributed by atoms with Crippen LogP contribution in [0, 0.1) is 0 Å². The average Bonchev–Trinajstić information content (AvgIpc) is 2.82. The van der Waals surface area contributed by atoms with Crippen molar-refractivity contribution in [1.29, 1.82) is 0 Å². The molecule has 17 heavy (non-hydrogen) atoms. The molecule has 1 aliphatic heterocycles. The Bertz CT molecular complexity index is 404. The quantitative estimate of drug-likeness (QED) is 0.798. The van der Waals surface area contributed by atoms with Gasteiger partial charge in [-0.2, -0.15) is 0 Å². The predicted octanol–water partition coefficient (Wildman–Crippen LogP) is 1.70. The molecule has 0 amide bonds. The summed E-state index contributed by atoms with van der Waals surface area (Å²) in [6.45, 7) is 2.96. The lowest BCUT2D eigenvalue weighted by molar-refractivity contribution is 0.0995. The molecule has 0 bridgehead atoms. The molecule has 92 valence electrons. The van der Waals surface area contributed by atoms with Gasteiger partial charge in [0.25, 0.3) is 0 Å². The predicted molar refractivity (Wildman–Crippen MR) is 72.2 cm³/mol. The lowest BCUT2D eigenvalue weighted by Gasteiger charge is -2.20. The smallest absolute Gasteiger partial charge is 0.126 e. The van der Waals surface area contributed by atoms with Crippen molar-refractivity contribution >= 4 is 23.0 Å². The monoisotopic (exact) mass is 251 g/mol. The number of nitrogens with one attached hydrogen (secondary N) is 1. The van der Waals surface area contributed by atoms with Crippen LogP contribution in [-0.4, -0.2) is 28.7 Å². The zero-order valence-electron chi connectivity index (χ0n) is 9.85. The number of rotatable bonds is 4.